The fraction of sp³-hybridized carbons (Fsp3) is 0.444. The number of amides is 1. The van der Waals surface area contributed by atoms with E-state index in [0.29, 0.717) is 24.4 Å². The summed E-state index contributed by atoms with van der Waals surface area (Å²) in [6.07, 6.45) is 1.90. The van der Waals surface area contributed by atoms with Crippen molar-refractivity contribution in [3.63, 3.8) is 0 Å². The van der Waals surface area contributed by atoms with Gasteiger partial charge in [0, 0.05) is 30.2 Å². The first kappa shape index (κ1) is 18.8. The molecular weight excluding hydrogens is 372 g/mol. The van der Waals surface area contributed by atoms with Crippen LogP contribution in [0, 0.1) is 0 Å². The molecular formula is C18H22N2O4S2. The topological polar surface area (TPSA) is 76.6 Å². The lowest BCUT2D eigenvalue weighted by Crippen LogP contribution is -2.33. The Labute approximate surface area is 157 Å². The SMILES string of the molecule is CC(C)Oc1ccc(C(=O)N2CCC(c3cccs3)S(=O)(=O)CC2)cn1. The molecule has 1 amide bonds. The standard InChI is InChI=1S/C18H22N2O4S2/c1-13(2)24-17-6-5-14(12-19-17)18(21)20-8-7-16(15-4-3-10-25-15)26(22,23)11-9-20/h3-6,10,12-13,16H,7-9,11H2,1-2H3. The van der Waals surface area contributed by atoms with Gasteiger partial charge in [-0.3, -0.25) is 4.79 Å². The Morgan fingerprint density at radius 2 is 2.12 bits per heavy atom. The van der Waals surface area contributed by atoms with Gasteiger partial charge in [-0.25, -0.2) is 13.4 Å². The molecule has 0 aromatic carbocycles. The molecule has 0 N–H and O–H groups in total. The number of ether oxygens (including phenoxy) is 1. The van der Waals surface area contributed by atoms with E-state index in [1.165, 1.54) is 17.5 Å². The number of carbonyl (C=O) groups excluding carboxylic acids is 1. The van der Waals surface area contributed by atoms with Crippen LogP contribution in [-0.2, 0) is 9.84 Å². The van der Waals surface area contributed by atoms with Crippen LogP contribution in [0.2, 0.25) is 0 Å². The molecule has 0 radical (unpaired) electrons. The zero-order chi connectivity index (χ0) is 18.7. The van der Waals surface area contributed by atoms with E-state index >= 15 is 0 Å². The minimum Gasteiger partial charge on any atom is -0.475 e. The molecule has 1 fully saturated rings. The summed E-state index contributed by atoms with van der Waals surface area (Å²) in [4.78, 5) is 19.3. The van der Waals surface area contributed by atoms with E-state index in [1.807, 2.05) is 31.4 Å². The second-order valence-electron chi connectivity index (χ2n) is 6.50. The van der Waals surface area contributed by atoms with Crippen molar-refractivity contribution < 1.29 is 17.9 Å². The molecule has 3 heterocycles. The zero-order valence-corrected chi connectivity index (χ0v) is 16.4. The Kier molecular flexibility index (Phi) is 5.62. The summed E-state index contributed by atoms with van der Waals surface area (Å²) in [5.74, 6) is 0.242. The summed E-state index contributed by atoms with van der Waals surface area (Å²) >= 11 is 1.45. The second kappa shape index (κ2) is 7.75. The molecule has 0 bridgehead atoms. The van der Waals surface area contributed by atoms with Gasteiger partial charge in [-0.2, -0.15) is 0 Å². The average Bonchev–Trinajstić information content (AvgIpc) is 3.06. The molecule has 6 nitrogen and oxygen atoms in total. The number of carbonyl (C=O) groups is 1. The third kappa shape index (κ3) is 4.24. The molecule has 1 aliphatic heterocycles. The van der Waals surface area contributed by atoms with Gasteiger partial charge in [0.1, 0.15) is 0 Å². The van der Waals surface area contributed by atoms with Crippen molar-refractivity contribution in [2.24, 2.45) is 0 Å². The number of nitrogens with zero attached hydrogens (tertiary/aromatic N) is 2. The molecule has 2 aromatic rings. The van der Waals surface area contributed by atoms with E-state index in [2.05, 4.69) is 4.98 Å². The van der Waals surface area contributed by atoms with Crippen LogP contribution < -0.4 is 4.74 Å². The Hall–Kier alpha value is -1.93. The predicted octanol–water partition coefficient (Wildman–Crippen LogP) is 2.93. The molecule has 1 aliphatic rings. The second-order valence-corrected chi connectivity index (χ2v) is 9.79. The normalized spacial score (nSPS) is 20.0. The molecule has 2 aromatic heterocycles. The number of aromatic nitrogens is 1. The molecule has 0 spiro atoms. The largest absolute Gasteiger partial charge is 0.475 e. The monoisotopic (exact) mass is 394 g/mol. The molecule has 0 saturated carbocycles. The van der Waals surface area contributed by atoms with E-state index in [0.717, 1.165) is 4.88 Å². The van der Waals surface area contributed by atoms with Gasteiger partial charge in [-0.05, 0) is 37.8 Å². The van der Waals surface area contributed by atoms with E-state index in [4.69, 9.17) is 4.74 Å². The highest BCUT2D eigenvalue weighted by molar-refractivity contribution is 7.91. The van der Waals surface area contributed by atoms with E-state index in [1.54, 1.807) is 17.0 Å². The zero-order valence-electron chi connectivity index (χ0n) is 14.8. The molecule has 1 atom stereocenters. The average molecular weight is 395 g/mol. The van der Waals surface area contributed by atoms with Gasteiger partial charge in [0.15, 0.2) is 9.84 Å². The molecule has 26 heavy (non-hydrogen) atoms. The quantitative estimate of drug-likeness (QED) is 0.797. The lowest BCUT2D eigenvalue weighted by molar-refractivity contribution is 0.0766. The molecule has 0 aliphatic carbocycles. The number of hydrogen-bond acceptors (Lipinski definition) is 6. The molecule has 8 heteroatoms. The lowest BCUT2D eigenvalue weighted by Gasteiger charge is -2.20. The van der Waals surface area contributed by atoms with Crippen molar-refractivity contribution in [2.75, 3.05) is 18.8 Å². The Morgan fingerprint density at radius 1 is 1.31 bits per heavy atom. The fourth-order valence-corrected chi connectivity index (χ4v) is 5.95. The van der Waals surface area contributed by atoms with Crippen LogP contribution in [0.25, 0.3) is 0 Å². The number of pyridine rings is 1. The van der Waals surface area contributed by atoms with Gasteiger partial charge < -0.3 is 9.64 Å². The van der Waals surface area contributed by atoms with Crippen molar-refractivity contribution >= 4 is 27.1 Å². The maximum atomic E-state index is 12.7. The van der Waals surface area contributed by atoms with Crippen LogP contribution in [0.15, 0.2) is 35.8 Å². The number of thiophene rings is 1. The maximum Gasteiger partial charge on any atom is 0.255 e. The smallest absolute Gasteiger partial charge is 0.255 e. The van der Waals surface area contributed by atoms with E-state index < -0.39 is 15.1 Å². The van der Waals surface area contributed by atoms with Gasteiger partial charge >= 0.3 is 0 Å². The van der Waals surface area contributed by atoms with Crippen LogP contribution in [0.3, 0.4) is 0 Å². The Balaban J connectivity index is 1.73. The summed E-state index contributed by atoms with van der Waals surface area (Å²) in [6, 6.07) is 7.04. The minimum atomic E-state index is -3.27. The van der Waals surface area contributed by atoms with Crippen LogP contribution in [-0.4, -0.2) is 49.2 Å². The van der Waals surface area contributed by atoms with Crippen molar-refractivity contribution in [3.05, 3.63) is 46.3 Å². The molecule has 1 unspecified atom stereocenters. The van der Waals surface area contributed by atoms with Gasteiger partial charge in [-0.15, -0.1) is 11.3 Å². The lowest BCUT2D eigenvalue weighted by atomic mass is 10.2. The first-order valence-electron chi connectivity index (χ1n) is 8.54. The summed E-state index contributed by atoms with van der Waals surface area (Å²) in [5.41, 5.74) is 0.438. The highest BCUT2D eigenvalue weighted by Gasteiger charge is 2.33. The number of hydrogen-bond donors (Lipinski definition) is 0. The first-order chi connectivity index (χ1) is 12.4. The predicted molar refractivity (Wildman–Crippen MR) is 101 cm³/mol. The molecule has 1 saturated heterocycles. The third-order valence-electron chi connectivity index (χ3n) is 4.23. The summed E-state index contributed by atoms with van der Waals surface area (Å²) < 4.78 is 30.7. The third-order valence-corrected chi connectivity index (χ3v) is 7.47. The number of rotatable bonds is 4. The Morgan fingerprint density at radius 3 is 2.73 bits per heavy atom. The van der Waals surface area contributed by atoms with E-state index in [-0.39, 0.29) is 24.3 Å². The minimum absolute atomic E-state index is 0.00838. The van der Waals surface area contributed by atoms with Crippen molar-refractivity contribution in [1.29, 1.82) is 0 Å². The van der Waals surface area contributed by atoms with Gasteiger partial charge in [0.25, 0.3) is 5.91 Å². The highest BCUT2D eigenvalue weighted by Crippen LogP contribution is 2.32. The molecule has 3 rings (SSSR count). The van der Waals surface area contributed by atoms with Crippen LogP contribution in [0.1, 0.15) is 40.8 Å². The van der Waals surface area contributed by atoms with Crippen LogP contribution in [0.4, 0.5) is 0 Å². The fourth-order valence-electron chi connectivity index (χ4n) is 2.94. The van der Waals surface area contributed by atoms with Gasteiger partial charge in [-0.1, -0.05) is 6.07 Å². The summed E-state index contributed by atoms with van der Waals surface area (Å²) in [6.45, 7) is 4.42. The van der Waals surface area contributed by atoms with Crippen molar-refractivity contribution in [1.82, 2.24) is 9.88 Å². The molecule has 140 valence electrons. The Bertz CT molecular complexity index is 846. The highest BCUT2D eigenvalue weighted by atomic mass is 32.2. The number of sulfone groups is 1. The van der Waals surface area contributed by atoms with Gasteiger partial charge in [0.2, 0.25) is 5.88 Å². The summed E-state index contributed by atoms with van der Waals surface area (Å²) in [7, 11) is -3.27. The first-order valence-corrected chi connectivity index (χ1v) is 11.1. The van der Waals surface area contributed by atoms with E-state index in [9.17, 15) is 13.2 Å². The summed E-state index contributed by atoms with van der Waals surface area (Å²) in [5, 5.41) is 1.35. The van der Waals surface area contributed by atoms with Gasteiger partial charge in [0.05, 0.1) is 22.7 Å². The van der Waals surface area contributed by atoms with Crippen LogP contribution in [0.5, 0.6) is 5.88 Å². The van der Waals surface area contributed by atoms with Crippen molar-refractivity contribution in [2.45, 2.75) is 31.6 Å². The van der Waals surface area contributed by atoms with Crippen molar-refractivity contribution in [3.8, 4) is 5.88 Å². The van der Waals surface area contributed by atoms with Crippen LogP contribution >= 0.6 is 11.3 Å². The maximum absolute atomic E-state index is 12.7.